The third-order valence-corrected chi connectivity index (χ3v) is 4.14. The molecule has 2 unspecified atom stereocenters. The molecule has 1 saturated carbocycles. The van der Waals surface area contributed by atoms with Gasteiger partial charge < -0.3 is 10.1 Å². The Bertz CT molecular complexity index is 564. The van der Waals surface area contributed by atoms with Gasteiger partial charge in [0.2, 0.25) is 0 Å². The summed E-state index contributed by atoms with van der Waals surface area (Å²) in [6.07, 6.45) is 5.20. The van der Waals surface area contributed by atoms with Gasteiger partial charge in [0.15, 0.2) is 0 Å². The van der Waals surface area contributed by atoms with Crippen molar-refractivity contribution in [2.75, 3.05) is 6.54 Å². The van der Waals surface area contributed by atoms with Crippen molar-refractivity contribution in [2.45, 2.75) is 44.8 Å². The second-order valence-electron chi connectivity index (χ2n) is 5.67. The number of fused-ring (bicyclic) bond motifs is 1. The van der Waals surface area contributed by atoms with Crippen molar-refractivity contribution in [1.82, 2.24) is 5.32 Å². The first-order valence-corrected chi connectivity index (χ1v) is 7.74. The molecular weight excluding hydrogens is 246 g/mol. The standard InChI is InChI=1S/C18H23NO/c1-2-19-16-8-5-9-17(13-16)20-18-11-10-14-6-3-4-7-15(14)12-18/h3-4,6-7,10-12,16-17,19H,2,5,8-9,13H2,1H3. The van der Waals surface area contributed by atoms with Crippen molar-refractivity contribution < 1.29 is 4.74 Å². The molecule has 2 aromatic rings. The predicted molar refractivity (Wildman–Crippen MR) is 84.3 cm³/mol. The minimum Gasteiger partial charge on any atom is -0.490 e. The molecule has 20 heavy (non-hydrogen) atoms. The lowest BCUT2D eigenvalue weighted by molar-refractivity contribution is 0.135. The zero-order valence-electron chi connectivity index (χ0n) is 12.1. The van der Waals surface area contributed by atoms with E-state index in [1.165, 1.54) is 30.0 Å². The SMILES string of the molecule is CCNC1CCCC(Oc2ccc3ccccc3c2)C1. The number of rotatable bonds is 4. The molecule has 0 radical (unpaired) electrons. The number of hydrogen-bond acceptors (Lipinski definition) is 2. The van der Waals surface area contributed by atoms with Crippen molar-refractivity contribution in [3.63, 3.8) is 0 Å². The molecule has 2 heteroatoms. The second-order valence-corrected chi connectivity index (χ2v) is 5.67. The molecule has 2 nitrogen and oxygen atoms in total. The van der Waals surface area contributed by atoms with Gasteiger partial charge in [-0.1, -0.05) is 37.3 Å². The van der Waals surface area contributed by atoms with Crippen LogP contribution < -0.4 is 10.1 Å². The molecule has 1 aliphatic rings. The van der Waals surface area contributed by atoms with Gasteiger partial charge >= 0.3 is 0 Å². The van der Waals surface area contributed by atoms with E-state index in [-0.39, 0.29) is 0 Å². The Morgan fingerprint density at radius 3 is 2.80 bits per heavy atom. The molecule has 2 aromatic carbocycles. The molecule has 2 atom stereocenters. The maximum absolute atomic E-state index is 6.20. The van der Waals surface area contributed by atoms with Gasteiger partial charge in [0.05, 0.1) is 0 Å². The highest BCUT2D eigenvalue weighted by Crippen LogP contribution is 2.26. The average molecular weight is 269 g/mol. The first-order chi connectivity index (χ1) is 9.85. The van der Waals surface area contributed by atoms with Crippen molar-refractivity contribution in [3.8, 4) is 5.75 Å². The predicted octanol–water partition coefficient (Wildman–Crippen LogP) is 4.14. The Morgan fingerprint density at radius 1 is 1.10 bits per heavy atom. The lowest BCUT2D eigenvalue weighted by Gasteiger charge is -2.30. The van der Waals surface area contributed by atoms with E-state index < -0.39 is 0 Å². The van der Waals surface area contributed by atoms with E-state index >= 15 is 0 Å². The van der Waals surface area contributed by atoms with Crippen LogP contribution in [0.3, 0.4) is 0 Å². The molecule has 1 fully saturated rings. The van der Waals surface area contributed by atoms with E-state index in [2.05, 4.69) is 54.7 Å². The first kappa shape index (κ1) is 13.4. The monoisotopic (exact) mass is 269 g/mol. The molecular formula is C18H23NO. The lowest BCUT2D eigenvalue weighted by atomic mass is 9.93. The van der Waals surface area contributed by atoms with Gasteiger partial charge in [-0.15, -0.1) is 0 Å². The third kappa shape index (κ3) is 3.13. The topological polar surface area (TPSA) is 21.3 Å². The molecule has 1 N–H and O–H groups in total. The van der Waals surface area contributed by atoms with Crippen LogP contribution in [0.15, 0.2) is 42.5 Å². The van der Waals surface area contributed by atoms with Crippen LogP contribution in [0.25, 0.3) is 10.8 Å². The molecule has 106 valence electrons. The first-order valence-electron chi connectivity index (χ1n) is 7.74. The maximum Gasteiger partial charge on any atom is 0.120 e. The summed E-state index contributed by atoms with van der Waals surface area (Å²) in [5.74, 6) is 1.01. The van der Waals surface area contributed by atoms with E-state index in [0.717, 1.165) is 18.7 Å². The van der Waals surface area contributed by atoms with Crippen LogP contribution in [-0.4, -0.2) is 18.7 Å². The fraction of sp³-hybridized carbons (Fsp3) is 0.444. The number of ether oxygens (including phenoxy) is 1. The van der Waals surface area contributed by atoms with E-state index in [0.29, 0.717) is 12.1 Å². The van der Waals surface area contributed by atoms with Crippen LogP contribution in [0.5, 0.6) is 5.75 Å². The normalized spacial score (nSPS) is 22.9. The molecule has 0 heterocycles. The van der Waals surface area contributed by atoms with Crippen LogP contribution in [0.1, 0.15) is 32.6 Å². The second kappa shape index (κ2) is 6.27. The summed E-state index contributed by atoms with van der Waals surface area (Å²) in [4.78, 5) is 0. The smallest absolute Gasteiger partial charge is 0.120 e. The third-order valence-electron chi connectivity index (χ3n) is 4.14. The molecule has 0 bridgehead atoms. The summed E-state index contributed by atoms with van der Waals surface area (Å²) in [5.41, 5.74) is 0. The average Bonchev–Trinajstić information content (AvgIpc) is 2.48. The van der Waals surface area contributed by atoms with Gasteiger partial charge in [-0.05, 0) is 55.1 Å². The number of nitrogens with one attached hydrogen (secondary N) is 1. The van der Waals surface area contributed by atoms with Gasteiger partial charge in [0.25, 0.3) is 0 Å². The van der Waals surface area contributed by atoms with Gasteiger partial charge in [0, 0.05) is 6.04 Å². The van der Waals surface area contributed by atoms with E-state index in [4.69, 9.17) is 4.74 Å². The van der Waals surface area contributed by atoms with Gasteiger partial charge in [-0.25, -0.2) is 0 Å². The summed E-state index contributed by atoms with van der Waals surface area (Å²) >= 11 is 0. The van der Waals surface area contributed by atoms with Crippen LogP contribution >= 0.6 is 0 Å². The summed E-state index contributed by atoms with van der Waals surface area (Å²) in [7, 11) is 0. The van der Waals surface area contributed by atoms with E-state index in [1.807, 2.05) is 0 Å². The molecule has 0 aliphatic heterocycles. The van der Waals surface area contributed by atoms with Gasteiger partial charge in [0.1, 0.15) is 11.9 Å². The highest BCUT2D eigenvalue weighted by molar-refractivity contribution is 5.83. The fourth-order valence-electron chi connectivity index (χ4n) is 3.16. The van der Waals surface area contributed by atoms with Crippen molar-refractivity contribution in [3.05, 3.63) is 42.5 Å². The molecule has 0 saturated heterocycles. The Hall–Kier alpha value is -1.54. The molecule has 0 amide bonds. The van der Waals surface area contributed by atoms with Gasteiger partial charge in [-0.2, -0.15) is 0 Å². The zero-order valence-corrected chi connectivity index (χ0v) is 12.1. The van der Waals surface area contributed by atoms with Crippen molar-refractivity contribution in [2.24, 2.45) is 0 Å². The quantitative estimate of drug-likeness (QED) is 0.900. The van der Waals surface area contributed by atoms with Crippen LogP contribution in [0.2, 0.25) is 0 Å². The van der Waals surface area contributed by atoms with E-state index in [1.54, 1.807) is 0 Å². The van der Waals surface area contributed by atoms with E-state index in [9.17, 15) is 0 Å². The largest absolute Gasteiger partial charge is 0.490 e. The summed E-state index contributed by atoms with van der Waals surface area (Å²) in [6, 6.07) is 15.5. The Morgan fingerprint density at radius 2 is 1.95 bits per heavy atom. The van der Waals surface area contributed by atoms with Crippen LogP contribution in [0, 0.1) is 0 Å². The number of benzene rings is 2. The number of hydrogen-bond donors (Lipinski definition) is 1. The lowest BCUT2D eigenvalue weighted by Crippen LogP contribution is -2.37. The highest BCUT2D eigenvalue weighted by atomic mass is 16.5. The molecule has 0 aromatic heterocycles. The summed E-state index contributed by atoms with van der Waals surface area (Å²) in [6.45, 7) is 3.22. The highest BCUT2D eigenvalue weighted by Gasteiger charge is 2.22. The zero-order chi connectivity index (χ0) is 13.8. The summed E-state index contributed by atoms with van der Waals surface area (Å²) < 4.78 is 6.20. The van der Waals surface area contributed by atoms with Crippen molar-refractivity contribution in [1.29, 1.82) is 0 Å². The van der Waals surface area contributed by atoms with Gasteiger partial charge in [-0.3, -0.25) is 0 Å². The molecule has 3 rings (SSSR count). The van der Waals surface area contributed by atoms with Crippen LogP contribution in [-0.2, 0) is 0 Å². The molecule has 1 aliphatic carbocycles. The van der Waals surface area contributed by atoms with Crippen molar-refractivity contribution >= 4 is 10.8 Å². The minimum absolute atomic E-state index is 0.356. The Balaban J connectivity index is 1.69. The fourth-order valence-corrected chi connectivity index (χ4v) is 3.16. The maximum atomic E-state index is 6.20. The Kier molecular flexibility index (Phi) is 4.22. The minimum atomic E-state index is 0.356. The Labute approximate surface area is 121 Å². The van der Waals surface area contributed by atoms with Crippen LogP contribution in [0.4, 0.5) is 0 Å². The summed E-state index contributed by atoms with van der Waals surface area (Å²) in [5, 5.41) is 6.08. The molecule has 0 spiro atoms.